The first-order valence-electron chi connectivity index (χ1n) is 10.8. The molecule has 0 saturated carbocycles. The number of piperidine rings is 1. The molecule has 34 heavy (non-hydrogen) atoms. The number of nitrogens with one attached hydrogen (secondary N) is 2. The minimum Gasteiger partial charge on any atom is -0.459 e. The smallest absolute Gasteiger partial charge is 0.321 e. The van der Waals surface area contributed by atoms with Crippen LogP contribution in [0.1, 0.15) is 40.4 Å². The number of amides is 3. The highest BCUT2D eigenvalue weighted by molar-refractivity contribution is 7.89. The van der Waals surface area contributed by atoms with Gasteiger partial charge in [-0.05, 0) is 79.3 Å². The molecule has 1 aliphatic rings. The number of carbonyl (C=O) groups is 2. The van der Waals surface area contributed by atoms with E-state index in [2.05, 4.69) is 10.6 Å². The van der Waals surface area contributed by atoms with E-state index in [4.69, 9.17) is 9.56 Å². The average molecular weight is 483 g/mol. The zero-order valence-corrected chi connectivity index (χ0v) is 19.5. The van der Waals surface area contributed by atoms with Gasteiger partial charge in [-0.15, -0.1) is 0 Å². The van der Waals surface area contributed by atoms with Gasteiger partial charge in [0.15, 0.2) is 5.76 Å². The van der Waals surface area contributed by atoms with E-state index in [1.807, 2.05) is 13.0 Å². The quantitative estimate of drug-likeness (QED) is 0.507. The molecular weight excluding hydrogens is 456 g/mol. The summed E-state index contributed by atoms with van der Waals surface area (Å²) >= 11 is 0. The summed E-state index contributed by atoms with van der Waals surface area (Å²) in [6.45, 7) is 2.94. The van der Waals surface area contributed by atoms with Crippen LogP contribution in [0.15, 0.2) is 70.2 Å². The monoisotopic (exact) mass is 482 g/mol. The summed E-state index contributed by atoms with van der Waals surface area (Å²) in [4.78, 5) is 26.8. The van der Waals surface area contributed by atoms with Crippen LogP contribution in [-0.4, -0.2) is 38.3 Å². The van der Waals surface area contributed by atoms with Crippen LogP contribution in [0.3, 0.4) is 0 Å². The van der Waals surface area contributed by atoms with E-state index in [-0.39, 0.29) is 28.5 Å². The number of urea groups is 1. The van der Waals surface area contributed by atoms with Crippen molar-refractivity contribution >= 4 is 33.3 Å². The van der Waals surface area contributed by atoms with Gasteiger partial charge in [-0.25, -0.2) is 18.4 Å². The minimum atomic E-state index is -3.75. The standard InChI is InChI=1S/C24H26N4O5S/c1-16-14-19(7-8-21(16)27-23(29)22-6-3-13-33-22)26-24(30)28-11-9-17(10-12-28)18-4-2-5-20(15-18)34(25,31)32/h2-8,13-15,17H,9-12H2,1H3,(H,26,30)(H,27,29)(H2,25,31,32). The zero-order valence-electron chi connectivity index (χ0n) is 18.7. The Morgan fingerprint density at radius 3 is 2.44 bits per heavy atom. The molecule has 0 unspecified atom stereocenters. The van der Waals surface area contributed by atoms with Crippen LogP contribution >= 0.6 is 0 Å². The van der Waals surface area contributed by atoms with Gasteiger partial charge in [0.1, 0.15) is 0 Å². The Morgan fingerprint density at radius 2 is 1.79 bits per heavy atom. The first-order chi connectivity index (χ1) is 16.2. The van der Waals surface area contributed by atoms with Crippen molar-refractivity contribution in [1.82, 2.24) is 4.90 Å². The number of nitrogens with zero attached hydrogens (tertiary/aromatic N) is 1. The molecule has 0 atom stereocenters. The highest BCUT2D eigenvalue weighted by Gasteiger charge is 2.25. The van der Waals surface area contributed by atoms with Crippen LogP contribution in [0.2, 0.25) is 0 Å². The lowest BCUT2D eigenvalue weighted by Gasteiger charge is -2.32. The Morgan fingerprint density at radius 1 is 1.03 bits per heavy atom. The lowest BCUT2D eigenvalue weighted by Crippen LogP contribution is -2.40. The van der Waals surface area contributed by atoms with Gasteiger partial charge in [0.2, 0.25) is 10.0 Å². The van der Waals surface area contributed by atoms with Crippen molar-refractivity contribution in [3.8, 4) is 0 Å². The van der Waals surface area contributed by atoms with Crippen LogP contribution in [0.5, 0.6) is 0 Å². The molecule has 0 spiro atoms. The number of carbonyl (C=O) groups excluding carboxylic acids is 2. The topological polar surface area (TPSA) is 135 Å². The Hall–Kier alpha value is -3.63. The molecule has 4 N–H and O–H groups in total. The molecule has 9 nitrogen and oxygen atoms in total. The van der Waals surface area contributed by atoms with E-state index in [9.17, 15) is 18.0 Å². The second-order valence-electron chi connectivity index (χ2n) is 8.27. The number of aryl methyl sites for hydroxylation is 1. The largest absolute Gasteiger partial charge is 0.459 e. The molecule has 1 fully saturated rings. The van der Waals surface area contributed by atoms with E-state index >= 15 is 0 Å². The number of sulfonamides is 1. The fraction of sp³-hybridized carbons (Fsp3) is 0.250. The first kappa shape index (κ1) is 23.5. The van der Waals surface area contributed by atoms with E-state index in [0.717, 1.165) is 24.0 Å². The molecule has 1 aromatic heterocycles. The van der Waals surface area contributed by atoms with Crippen molar-refractivity contribution in [2.75, 3.05) is 23.7 Å². The fourth-order valence-electron chi connectivity index (χ4n) is 4.04. The van der Waals surface area contributed by atoms with E-state index in [1.165, 1.54) is 12.3 Å². The third-order valence-electron chi connectivity index (χ3n) is 5.91. The van der Waals surface area contributed by atoms with E-state index in [1.54, 1.807) is 47.4 Å². The highest BCUT2D eigenvalue weighted by Crippen LogP contribution is 2.30. The van der Waals surface area contributed by atoms with Crippen LogP contribution in [0.25, 0.3) is 0 Å². The molecule has 2 aromatic carbocycles. The van der Waals surface area contributed by atoms with Gasteiger partial charge >= 0.3 is 6.03 Å². The summed E-state index contributed by atoms with van der Waals surface area (Å²) in [5, 5.41) is 10.9. The number of nitrogens with two attached hydrogens (primary N) is 1. The van der Waals surface area contributed by atoms with E-state index in [0.29, 0.717) is 24.5 Å². The van der Waals surface area contributed by atoms with Crippen molar-refractivity contribution in [1.29, 1.82) is 0 Å². The summed E-state index contributed by atoms with van der Waals surface area (Å²) in [5.74, 6) is 0.0315. The summed E-state index contributed by atoms with van der Waals surface area (Å²) < 4.78 is 28.4. The normalized spacial score (nSPS) is 14.6. The van der Waals surface area contributed by atoms with Crippen LogP contribution in [0, 0.1) is 6.92 Å². The molecule has 178 valence electrons. The van der Waals surface area contributed by atoms with Gasteiger partial charge in [0.25, 0.3) is 5.91 Å². The molecule has 2 heterocycles. The summed E-state index contributed by atoms with van der Waals surface area (Å²) in [6.07, 6.45) is 2.88. The Kier molecular flexibility index (Phi) is 6.71. The van der Waals surface area contributed by atoms with Crippen LogP contribution in [0.4, 0.5) is 16.2 Å². The lowest BCUT2D eigenvalue weighted by atomic mass is 9.89. The van der Waals surface area contributed by atoms with Gasteiger partial charge in [-0.3, -0.25) is 4.79 Å². The third kappa shape index (κ3) is 5.46. The second kappa shape index (κ2) is 9.70. The molecule has 1 saturated heterocycles. The van der Waals surface area contributed by atoms with Crippen molar-refractivity contribution in [2.45, 2.75) is 30.6 Å². The molecule has 0 aliphatic carbocycles. The van der Waals surface area contributed by atoms with Crippen molar-refractivity contribution in [3.63, 3.8) is 0 Å². The number of furan rings is 1. The van der Waals surface area contributed by atoms with Gasteiger partial charge in [0.05, 0.1) is 11.2 Å². The number of likely N-dealkylation sites (tertiary alicyclic amines) is 1. The maximum absolute atomic E-state index is 12.8. The Labute approximate surface area is 198 Å². The SMILES string of the molecule is Cc1cc(NC(=O)N2CCC(c3cccc(S(N)(=O)=O)c3)CC2)ccc1NC(=O)c1ccco1. The maximum atomic E-state index is 12.8. The predicted octanol–water partition coefficient (Wildman–Crippen LogP) is 3.90. The number of hydrogen-bond acceptors (Lipinski definition) is 5. The predicted molar refractivity (Wildman–Crippen MR) is 128 cm³/mol. The summed E-state index contributed by atoms with van der Waals surface area (Å²) in [6, 6.07) is 15.0. The van der Waals surface area contributed by atoms with Crippen molar-refractivity contribution in [2.24, 2.45) is 5.14 Å². The fourth-order valence-corrected chi connectivity index (χ4v) is 4.61. The summed E-state index contributed by atoms with van der Waals surface area (Å²) in [5.41, 5.74) is 2.96. The Bertz CT molecular complexity index is 1300. The minimum absolute atomic E-state index is 0.101. The van der Waals surface area contributed by atoms with Crippen molar-refractivity contribution in [3.05, 3.63) is 77.7 Å². The average Bonchev–Trinajstić information content (AvgIpc) is 3.36. The molecule has 0 radical (unpaired) electrons. The molecule has 4 rings (SSSR count). The molecule has 3 amide bonds. The van der Waals surface area contributed by atoms with Crippen molar-refractivity contribution < 1.29 is 22.4 Å². The zero-order chi connectivity index (χ0) is 24.3. The molecule has 0 bridgehead atoms. The Balaban J connectivity index is 1.33. The van der Waals surface area contributed by atoms with E-state index < -0.39 is 10.0 Å². The van der Waals surface area contributed by atoms with Crippen LogP contribution < -0.4 is 15.8 Å². The molecule has 10 heteroatoms. The number of anilines is 2. The van der Waals surface area contributed by atoms with Gasteiger partial charge in [0, 0.05) is 24.5 Å². The van der Waals surface area contributed by atoms with Gasteiger partial charge in [-0.2, -0.15) is 0 Å². The molecule has 1 aliphatic heterocycles. The highest BCUT2D eigenvalue weighted by atomic mass is 32.2. The van der Waals surface area contributed by atoms with Gasteiger partial charge in [-0.1, -0.05) is 12.1 Å². The molecule has 3 aromatic rings. The maximum Gasteiger partial charge on any atom is 0.321 e. The first-order valence-corrected chi connectivity index (χ1v) is 12.4. The summed E-state index contributed by atoms with van der Waals surface area (Å²) in [7, 11) is -3.75. The number of primary sulfonamides is 1. The molecular formula is C24H26N4O5S. The van der Waals surface area contributed by atoms with Gasteiger partial charge < -0.3 is 20.0 Å². The number of rotatable bonds is 5. The second-order valence-corrected chi connectivity index (χ2v) is 9.83. The third-order valence-corrected chi connectivity index (χ3v) is 6.82. The number of benzene rings is 2. The number of hydrogen-bond donors (Lipinski definition) is 3. The van der Waals surface area contributed by atoms with Crippen LogP contribution in [-0.2, 0) is 10.0 Å². The lowest BCUT2D eigenvalue weighted by molar-refractivity contribution is 0.0996.